The number of benzene rings is 2. The molecule has 1 amide bonds. The van der Waals surface area contributed by atoms with Crippen LogP contribution in [0.5, 0.6) is 5.75 Å². The number of hydrogen-bond donors (Lipinski definition) is 1. The third-order valence-electron chi connectivity index (χ3n) is 4.93. The second-order valence-electron chi connectivity index (χ2n) is 7.77. The maximum Gasteiger partial charge on any atom is 0.338 e. The zero-order valence-electron chi connectivity index (χ0n) is 19.0. The highest BCUT2D eigenvalue weighted by Crippen LogP contribution is 2.33. The minimum absolute atomic E-state index is 0.200. The van der Waals surface area contributed by atoms with Crippen molar-refractivity contribution in [2.24, 2.45) is 4.99 Å². The quantitative estimate of drug-likeness (QED) is 0.438. The van der Waals surface area contributed by atoms with Crippen molar-refractivity contribution in [3.63, 3.8) is 0 Å². The van der Waals surface area contributed by atoms with Gasteiger partial charge in [0.25, 0.3) is 5.91 Å². The molecule has 2 aromatic rings. The number of aryl methyl sites for hydroxylation is 1. The number of methoxy groups -OCH3 is 1. The Hall–Kier alpha value is -3.06. The number of carbonyl (C=O) groups excluding carboxylic acids is 2. The van der Waals surface area contributed by atoms with Gasteiger partial charge in [-0.25, -0.2) is 9.79 Å². The summed E-state index contributed by atoms with van der Waals surface area (Å²) in [7, 11) is 1.67. The normalized spacial score (nSPS) is 16.0. The van der Waals surface area contributed by atoms with Crippen LogP contribution in [0.15, 0.2) is 46.3 Å². The van der Waals surface area contributed by atoms with Crippen molar-refractivity contribution in [1.29, 1.82) is 0 Å². The van der Waals surface area contributed by atoms with Crippen LogP contribution in [0.25, 0.3) is 6.08 Å². The molecule has 0 radical (unpaired) electrons. The van der Waals surface area contributed by atoms with Crippen LogP contribution < -0.4 is 10.1 Å². The van der Waals surface area contributed by atoms with E-state index in [1.807, 2.05) is 26.0 Å². The van der Waals surface area contributed by atoms with Crippen LogP contribution >= 0.6 is 11.8 Å². The molecule has 3 rings (SSSR count). The summed E-state index contributed by atoms with van der Waals surface area (Å²) in [6, 6.07) is 10.9. The van der Waals surface area contributed by atoms with E-state index in [9.17, 15) is 9.59 Å². The molecule has 7 heteroatoms. The topological polar surface area (TPSA) is 77.0 Å². The molecule has 1 fully saturated rings. The molecular formula is C25H28N2O4S. The average Bonchev–Trinajstić information content (AvgIpc) is 3.11. The fraction of sp³-hybridized carbons (Fsp3) is 0.320. The van der Waals surface area contributed by atoms with Crippen molar-refractivity contribution >= 4 is 40.6 Å². The van der Waals surface area contributed by atoms with E-state index in [0.717, 1.165) is 28.9 Å². The van der Waals surface area contributed by atoms with Crippen molar-refractivity contribution in [3.8, 4) is 5.75 Å². The van der Waals surface area contributed by atoms with Crippen LogP contribution in [-0.4, -0.2) is 30.8 Å². The number of amidine groups is 1. The van der Waals surface area contributed by atoms with Crippen LogP contribution in [0, 0.1) is 6.92 Å². The Balaban J connectivity index is 1.84. The predicted molar refractivity (Wildman–Crippen MR) is 130 cm³/mol. The van der Waals surface area contributed by atoms with Gasteiger partial charge in [-0.15, -0.1) is 0 Å². The summed E-state index contributed by atoms with van der Waals surface area (Å²) < 4.78 is 10.7. The first-order chi connectivity index (χ1) is 15.3. The minimum atomic E-state index is -0.381. The van der Waals surface area contributed by atoms with Gasteiger partial charge in [-0.3, -0.25) is 4.79 Å². The maximum atomic E-state index is 12.5. The summed E-state index contributed by atoms with van der Waals surface area (Å²) in [5, 5.41) is 3.27. The van der Waals surface area contributed by atoms with Crippen molar-refractivity contribution in [3.05, 3.63) is 63.6 Å². The lowest BCUT2D eigenvalue weighted by atomic mass is 9.96. The number of rotatable bonds is 7. The minimum Gasteiger partial charge on any atom is -0.496 e. The molecule has 1 aliphatic rings. The number of carbonyl (C=O) groups is 2. The van der Waals surface area contributed by atoms with E-state index < -0.39 is 0 Å². The summed E-state index contributed by atoms with van der Waals surface area (Å²) in [4.78, 5) is 29.7. The molecule has 32 heavy (non-hydrogen) atoms. The first kappa shape index (κ1) is 23.6. The van der Waals surface area contributed by atoms with E-state index in [1.54, 1.807) is 31.4 Å². The summed E-state index contributed by atoms with van der Waals surface area (Å²) in [5.41, 5.74) is 4.09. The van der Waals surface area contributed by atoms with Gasteiger partial charge in [0.2, 0.25) is 0 Å². The molecule has 0 spiro atoms. The Morgan fingerprint density at radius 2 is 2.03 bits per heavy atom. The van der Waals surface area contributed by atoms with E-state index in [-0.39, 0.29) is 11.9 Å². The molecular weight excluding hydrogens is 424 g/mol. The highest BCUT2D eigenvalue weighted by molar-refractivity contribution is 8.18. The van der Waals surface area contributed by atoms with Crippen LogP contribution in [-0.2, 0) is 9.53 Å². The molecule has 1 N–H and O–H groups in total. The molecule has 168 valence electrons. The molecule has 0 aliphatic carbocycles. The first-order valence-electron chi connectivity index (χ1n) is 10.6. The Kier molecular flexibility index (Phi) is 7.75. The molecule has 2 aromatic carbocycles. The molecule has 0 aromatic heterocycles. The number of hydrogen-bond acceptors (Lipinski definition) is 6. The van der Waals surface area contributed by atoms with E-state index >= 15 is 0 Å². The Bertz CT molecular complexity index is 1090. The molecule has 0 atom stereocenters. The molecule has 0 unspecified atom stereocenters. The maximum absolute atomic E-state index is 12.5. The van der Waals surface area contributed by atoms with Gasteiger partial charge in [-0.1, -0.05) is 26.8 Å². The lowest BCUT2D eigenvalue weighted by Crippen LogP contribution is -2.19. The van der Waals surface area contributed by atoms with Crippen molar-refractivity contribution in [1.82, 2.24) is 5.32 Å². The molecule has 6 nitrogen and oxygen atoms in total. The summed E-state index contributed by atoms with van der Waals surface area (Å²) in [6.45, 7) is 8.53. The highest BCUT2D eigenvalue weighted by Gasteiger charge is 2.24. The van der Waals surface area contributed by atoms with Crippen molar-refractivity contribution < 1.29 is 19.1 Å². The number of aliphatic imine (C=N–C) groups is 1. The van der Waals surface area contributed by atoms with Gasteiger partial charge in [0.15, 0.2) is 5.17 Å². The second-order valence-corrected chi connectivity index (χ2v) is 8.80. The largest absolute Gasteiger partial charge is 0.496 e. The fourth-order valence-electron chi connectivity index (χ4n) is 3.22. The SMILES string of the molecule is CCCOC(=O)c1cccc(N=C2NC(=O)/C(=C\c3cc(C(C)C)c(OC)cc3C)S2)c1. The smallest absolute Gasteiger partial charge is 0.338 e. The summed E-state index contributed by atoms with van der Waals surface area (Å²) in [6.07, 6.45) is 2.64. The lowest BCUT2D eigenvalue weighted by molar-refractivity contribution is -0.115. The Morgan fingerprint density at radius 1 is 1.25 bits per heavy atom. The molecule has 0 bridgehead atoms. The average molecular weight is 453 g/mol. The lowest BCUT2D eigenvalue weighted by Gasteiger charge is -2.14. The van der Waals surface area contributed by atoms with E-state index in [4.69, 9.17) is 9.47 Å². The molecule has 0 saturated carbocycles. The first-order valence-corrected chi connectivity index (χ1v) is 11.4. The molecule has 1 heterocycles. The van der Waals surface area contributed by atoms with Crippen LogP contribution in [0.4, 0.5) is 5.69 Å². The van der Waals surface area contributed by atoms with Crippen molar-refractivity contribution in [2.75, 3.05) is 13.7 Å². The van der Waals surface area contributed by atoms with Gasteiger partial charge in [-0.05, 0) is 84.1 Å². The summed E-state index contributed by atoms with van der Waals surface area (Å²) in [5.74, 6) is 0.561. The predicted octanol–water partition coefficient (Wildman–Crippen LogP) is 5.59. The Labute approximate surface area is 193 Å². The van der Waals surface area contributed by atoms with Crippen LogP contribution in [0.1, 0.15) is 60.2 Å². The number of nitrogens with zero attached hydrogens (tertiary/aromatic N) is 1. The third-order valence-corrected chi connectivity index (χ3v) is 5.84. The second kappa shape index (κ2) is 10.5. The third kappa shape index (κ3) is 5.59. The monoisotopic (exact) mass is 452 g/mol. The number of nitrogens with one attached hydrogen (secondary N) is 1. The van der Waals surface area contributed by atoms with Gasteiger partial charge in [0, 0.05) is 0 Å². The zero-order chi connectivity index (χ0) is 23.3. The standard InChI is InChI=1S/C25H28N2O4S/c1-6-10-31-24(29)17-8-7-9-19(12-17)26-25-27-23(28)22(32-25)14-18-13-20(15(2)3)21(30-5)11-16(18)4/h7-9,11-15H,6,10H2,1-5H3,(H,26,27,28)/b22-14+. The van der Waals surface area contributed by atoms with E-state index in [2.05, 4.69) is 30.2 Å². The van der Waals surface area contributed by atoms with E-state index in [0.29, 0.717) is 33.8 Å². The fourth-order valence-corrected chi connectivity index (χ4v) is 4.05. The van der Waals surface area contributed by atoms with Crippen LogP contribution in [0.3, 0.4) is 0 Å². The number of esters is 1. The molecule has 1 aliphatic heterocycles. The Morgan fingerprint density at radius 3 is 2.72 bits per heavy atom. The van der Waals surface area contributed by atoms with Crippen LogP contribution in [0.2, 0.25) is 0 Å². The van der Waals surface area contributed by atoms with Gasteiger partial charge >= 0.3 is 5.97 Å². The van der Waals surface area contributed by atoms with Gasteiger partial charge in [0.05, 0.1) is 29.9 Å². The van der Waals surface area contributed by atoms with Gasteiger partial charge < -0.3 is 14.8 Å². The molecule has 1 saturated heterocycles. The number of thioether (sulfide) groups is 1. The summed E-state index contributed by atoms with van der Waals surface area (Å²) >= 11 is 1.27. The van der Waals surface area contributed by atoms with E-state index in [1.165, 1.54) is 11.8 Å². The van der Waals surface area contributed by atoms with Gasteiger partial charge in [0.1, 0.15) is 5.75 Å². The zero-order valence-corrected chi connectivity index (χ0v) is 19.8. The number of amides is 1. The van der Waals surface area contributed by atoms with Crippen molar-refractivity contribution in [2.45, 2.75) is 40.0 Å². The number of ether oxygens (including phenoxy) is 2. The highest BCUT2D eigenvalue weighted by atomic mass is 32.2. The van der Waals surface area contributed by atoms with Gasteiger partial charge in [-0.2, -0.15) is 0 Å².